The third kappa shape index (κ3) is 4.51. The fourth-order valence-corrected chi connectivity index (χ4v) is 1.92. The van der Waals surface area contributed by atoms with Gasteiger partial charge in [-0.15, -0.1) is 0 Å². The number of halogens is 1. The topological polar surface area (TPSA) is 84.3 Å². The summed E-state index contributed by atoms with van der Waals surface area (Å²) < 4.78 is 10.3. The molecule has 7 heteroatoms. The van der Waals surface area contributed by atoms with E-state index in [-0.39, 0.29) is 5.70 Å². The highest BCUT2D eigenvalue weighted by Gasteiger charge is 2.11. The van der Waals surface area contributed by atoms with Crippen molar-refractivity contribution in [3.05, 3.63) is 75.3 Å². The molecule has 6 nitrogen and oxygen atoms in total. The van der Waals surface area contributed by atoms with E-state index in [1.807, 2.05) is 18.2 Å². The first-order valence-electron chi connectivity index (χ1n) is 6.51. The van der Waals surface area contributed by atoms with Crippen molar-refractivity contribution in [2.75, 3.05) is 7.11 Å². The zero-order chi connectivity index (χ0) is 16.7. The second-order valence-electron chi connectivity index (χ2n) is 4.31. The number of benzene rings is 2. The third-order valence-electron chi connectivity index (χ3n) is 2.79. The Kier molecular flexibility index (Phi) is 5.63. The van der Waals surface area contributed by atoms with Gasteiger partial charge >= 0.3 is 5.97 Å². The molecule has 0 amide bonds. The molecule has 0 aliphatic rings. The molecule has 0 bridgehead atoms. The van der Waals surface area contributed by atoms with Crippen molar-refractivity contribution in [1.29, 1.82) is 0 Å². The average molecular weight is 330 g/mol. The predicted octanol–water partition coefficient (Wildman–Crippen LogP) is 4.96. The van der Waals surface area contributed by atoms with Gasteiger partial charge in [0.15, 0.2) is 0 Å². The van der Waals surface area contributed by atoms with Gasteiger partial charge in [-0.25, -0.2) is 4.79 Å². The first-order valence-corrected chi connectivity index (χ1v) is 6.89. The number of rotatable bonds is 5. The summed E-state index contributed by atoms with van der Waals surface area (Å²) in [6.45, 7) is 0. The van der Waals surface area contributed by atoms with Gasteiger partial charge in [-0.3, -0.25) is 0 Å². The Hall–Kier alpha value is -2.95. The molecule has 2 aromatic carbocycles. The lowest BCUT2D eigenvalue weighted by Gasteiger charge is -2.10. The quantitative estimate of drug-likeness (QED) is 0.255. The van der Waals surface area contributed by atoms with Gasteiger partial charge in [-0.05, 0) is 35.9 Å². The number of methoxy groups -OCH3 is 1. The van der Waals surface area contributed by atoms with Crippen molar-refractivity contribution in [2.24, 2.45) is 5.11 Å². The van der Waals surface area contributed by atoms with Crippen molar-refractivity contribution < 1.29 is 14.3 Å². The summed E-state index contributed by atoms with van der Waals surface area (Å²) in [7, 11) is 1.20. The molecule has 0 fully saturated rings. The second kappa shape index (κ2) is 7.89. The van der Waals surface area contributed by atoms with Crippen LogP contribution in [0, 0.1) is 0 Å². The van der Waals surface area contributed by atoms with Crippen LogP contribution in [-0.4, -0.2) is 13.1 Å². The van der Waals surface area contributed by atoms with E-state index in [4.69, 9.17) is 21.9 Å². The highest BCUT2D eigenvalue weighted by atomic mass is 35.5. The molecule has 0 aliphatic carbocycles. The van der Waals surface area contributed by atoms with E-state index in [1.165, 1.54) is 13.2 Å². The van der Waals surface area contributed by atoms with Crippen molar-refractivity contribution in [2.45, 2.75) is 0 Å². The van der Waals surface area contributed by atoms with Gasteiger partial charge in [-0.1, -0.05) is 34.9 Å². The van der Waals surface area contributed by atoms with Crippen LogP contribution >= 0.6 is 11.6 Å². The number of carbonyl (C=O) groups is 1. The van der Waals surface area contributed by atoms with Gasteiger partial charge in [0.1, 0.15) is 17.2 Å². The molecule has 0 heterocycles. The fourth-order valence-electron chi connectivity index (χ4n) is 1.76. The summed E-state index contributed by atoms with van der Waals surface area (Å²) in [5.74, 6) is 0.273. The zero-order valence-corrected chi connectivity index (χ0v) is 12.9. The molecule has 0 saturated carbocycles. The Labute approximate surface area is 137 Å². The van der Waals surface area contributed by atoms with Crippen LogP contribution in [0.1, 0.15) is 5.56 Å². The maximum Gasteiger partial charge on any atom is 0.340 e. The summed E-state index contributed by atoms with van der Waals surface area (Å²) in [4.78, 5) is 14.2. The Morgan fingerprint density at radius 2 is 2.00 bits per heavy atom. The number of para-hydroxylation sites is 1. The number of ether oxygens (including phenoxy) is 2. The van der Waals surface area contributed by atoms with Gasteiger partial charge in [0.25, 0.3) is 0 Å². The highest BCUT2D eigenvalue weighted by Crippen LogP contribution is 2.30. The van der Waals surface area contributed by atoms with Crippen LogP contribution in [0.5, 0.6) is 11.5 Å². The lowest BCUT2D eigenvalue weighted by Crippen LogP contribution is -2.02. The van der Waals surface area contributed by atoms with Gasteiger partial charge < -0.3 is 9.47 Å². The monoisotopic (exact) mass is 329 g/mol. The standard InChI is InChI=1S/C16H12ClN3O3/c1-22-16(21)14(19-20-18)9-11-7-8-12(17)10-15(11)23-13-5-3-2-4-6-13/h2-10H,1H3/b14-9-. The molecular formula is C16H12ClN3O3. The zero-order valence-electron chi connectivity index (χ0n) is 12.1. The minimum atomic E-state index is -0.747. The molecule has 0 radical (unpaired) electrons. The molecule has 116 valence electrons. The van der Waals surface area contributed by atoms with E-state index in [0.717, 1.165) is 0 Å². The van der Waals surface area contributed by atoms with Crippen LogP contribution in [0.3, 0.4) is 0 Å². The van der Waals surface area contributed by atoms with Gasteiger partial charge in [0.05, 0.1) is 7.11 Å². The van der Waals surface area contributed by atoms with Crippen LogP contribution < -0.4 is 4.74 Å². The first kappa shape index (κ1) is 16.4. The average Bonchev–Trinajstić information content (AvgIpc) is 2.57. The molecule has 2 rings (SSSR count). The Balaban J connectivity index is 2.45. The molecule has 0 unspecified atom stereocenters. The van der Waals surface area contributed by atoms with Crippen LogP contribution in [0.2, 0.25) is 5.02 Å². The molecule has 23 heavy (non-hydrogen) atoms. The minimum Gasteiger partial charge on any atom is -0.466 e. The molecule has 0 spiro atoms. The van der Waals surface area contributed by atoms with E-state index in [2.05, 4.69) is 14.8 Å². The Morgan fingerprint density at radius 1 is 1.26 bits per heavy atom. The van der Waals surface area contributed by atoms with Gasteiger partial charge in [0, 0.05) is 21.6 Å². The number of hydrogen-bond donors (Lipinski definition) is 0. The third-order valence-corrected chi connectivity index (χ3v) is 3.02. The molecular weight excluding hydrogens is 318 g/mol. The lowest BCUT2D eigenvalue weighted by atomic mass is 10.1. The number of carbonyl (C=O) groups excluding carboxylic acids is 1. The van der Waals surface area contributed by atoms with Crippen LogP contribution in [0.15, 0.2) is 59.3 Å². The smallest absolute Gasteiger partial charge is 0.340 e. The molecule has 0 aliphatic heterocycles. The van der Waals surface area contributed by atoms with E-state index < -0.39 is 5.97 Å². The summed E-state index contributed by atoms with van der Waals surface area (Å²) in [5.41, 5.74) is 8.90. The Bertz CT molecular complexity index is 784. The maximum absolute atomic E-state index is 11.6. The summed E-state index contributed by atoms with van der Waals surface area (Å²) in [6, 6.07) is 14.0. The van der Waals surface area contributed by atoms with Crippen LogP contribution in [0.25, 0.3) is 16.5 Å². The highest BCUT2D eigenvalue weighted by molar-refractivity contribution is 6.30. The van der Waals surface area contributed by atoms with Gasteiger partial charge in [-0.2, -0.15) is 0 Å². The molecule has 0 aromatic heterocycles. The number of nitrogens with zero attached hydrogens (tertiary/aromatic N) is 3. The normalized spacial score (nSPS) is 10.6. The first-order chi connectivity index (χ1) is 11.1. The molecule has 0 N–H and O–H groups in total. The fraction of sp³-hybridized carbons (Fsp3) is 0.0625. The number of hydrogen-bond acceptors (Lipinski definition) is 4. The second-order valence-corrected chi connectivity index (χ2v) is 4.74. The molecule has 0 atom stereocenters. The molecule has 0 saturated heterocycles. The number of esters is 1. The van der Waals surface area contributed by atoms with Crippen LogP contribution in [0.4, 0.5) is 0 Å². The predicted molar refractivity (Wildman–Crippen MR) is 87.1 cm³/mol. The van der Waals surface area contributed by atoms with E-state index in [0.29, 0.717) is 22.1 Å². The summed E-state index contributed by atoms with van der Waals surface area (Å²) >= 11 is 6.00. The van der Waals surface area contributed by atoms with Crippen molar-refractivity contribution >= 4 is 23.6 Å². The summed E-state index contributed by atoms with van der Waals surface area (Å²) in [5, 5.41) is 3.81. The largest absolute Gasteiger partial charge is 0.466 e. The number of azide groups is 1. The minimum absolute atomic E-state index is 0.185. The van der Waals surface area contributed by atoms with E-state index in [9.17, 15) is 4.79 Å². The van der Waals surface area contributed by atoms with Crippen molar-refractivity contribution in [1.82, 2.24) is 0 Å². The van der Waals surface area contributed by atoms with E-state index >= 15 is 0 Å². The van der Waals surface area contributed by atoms with E-state index in [1.54, 1.807) is 30.3 Å². The van der Waals surface area contributed by atoms with Crippen LogP contribution in [-0.2, 0) is 9.53 Å². The van der Waals surface area contributed by atoms with Crippen molar-refractivity contribution in [3.63, 3.8) is 0 Å². The summed E-state index contributed by atoms with van der Waals surface area (Å²) in [6.07, 6.45) is 1.38. The lowest BCUT2D eigenvalue weighted by molar-refractivity contribution is -0.136. The SMILES string of the molecule is COC(=O)/C(=C/c1ccc(Cl)cc1Oc1ccccc1)N=[N+]=[N-]. The van der Waals surface area contributed by atoms with Crippen molar-refractivity contribution in [3.8, 4) is 11.5 Å². The maximum atomic E-state index is 11.6. The Morgan fingerprint density at radius 3 is 2.65 bits per heavy atom. The van der Waals surface area contributed by atoms with Gasteiger partial charge in [0.2, 0.25) is 0 Å². The molecule has 2 aromatic rings.